The van der Waals surface area contributed by atoms with Gasteiger partial charge in [-0.3, -0.25) is 4.79 Å². The van der Waals surface area contributed by atoms with Gasteiger partial charge in [-0.15, -0.1) is 0 Å². The number of primary sulfonamides is 1. The van der Waals surface area contributed by atoms with Crippen molar-refractivity contribution >= 4 is 27.5 Å². The molecule has 0 spiro atoms. The van der Waals surface area contributed by atoms with Gasteiger partial charge >= 0.3 is 0 Å². The van der Waals surface area contributed by atoms with Gasteiger partial charge in [0.15, 0.2) is 0 Å². The first-order valence-electron chi connectivity index (χ1n) is 5.88. The van der Waals surface area contributed by atoms with E-state index < -0.39 is 10.0 Å². The number of carbonyl (C=O) groups excluding carboxylic acids is 1. The molecule has 1 aromatic carbocycles. The standard InChI is InChI=1S/C13H12ClN3O3S/c14-12-7-10(5-6-16-12)13(18)17-8-9-1-3-11(4-2-9)21(15,19)20/h1-7H,8H2,(H,17,18)(H2,15,19,20). The van der Waals surface area contributed by atoms with Crippen molar-refractivity contribution in [2.75, 3.05) is 0 Å². The highest BCUT2D eigenvalue weighted by Gasteiger charge is 2.08. The minimum absolute atomic E-state index is 0.0264. The smallest absolute Gasteiger partial charge is 0.251 e. The number of benzene rings is 1. The Kier molecular flexibility index (Phi) is 4.56. The molecule has 6 nitrogen and oxygen atoms in total. The first kappa shape index (κ1) is 15.4. The lowest BCUT2D eigenvalue weighted by Crippen LogP contribution is -2.22. The second kappa shape index (κ2) is 6.21. The Hall–Kier alpha value is -1.96. The maximum absolute atomic E-state index is 11.9. The molecule has 0 unspecified atom stereocenters. The number of nitrogens with zero attached hydrogens (tertiary/aromatic N) is 1. The van der Waals surface area contributed by atoms with E-state index in [0.29, 0.717) is 5.56 Å². The Labute approximate surface area is 127 Å². The SMILES string of the molecule is NS(=O)(=O)c1ccc(CNC(=O)c2ccnc(Cl)c2)cc1. The molecule has 2 aromatic rings. The number of aromatic nitrogens is 1. The van der Waals surface area contributed by atoms with E-state index in [9.17, 15) is 13.2 Å². The van der Waals surface area contributed by atoms with Crippen LogP contribution in [0, 0.1) is 0 Å². The Morgan fingerprint density at radius 1 is 1.24 bits per heavy atom. The minimum atomic E-state index is -3.71. The summed E-state index contributed by atoms with van der Waals surface area (Å²) in [5.74, 6) is -0.296. The molecule has 1 aromatic heterocycles. The fraction of sp³-hybridized carbons (Fsp3) is 0.0769. The van der Waals surface area contributed by atoms with Crippen LogP contribution in [0.3, 0.4) is 0 Å². The van der Waals surface area contributed by atoms with E-state index in [4.69, 9.17) is 16.7 Å². The lowest BCUT2D eigenvalue weighted by atomic mass is 10.2. The number of halogens is 1. The van der Waals surface area contributed by atoms with Crippen molar-refractivity contribution in [3.8, 4) is 0 Å². The van der Waals surface area contributed by atoms with Gasteiger partial charge in [-0.1, -0.05) is 23.7 Å². The summed E-state index contributed by atoms with van der Waals surface area (Å²) in [5.41, 5.74) is 1.15. The van der Waals surface area contributed by atoms with Crippen molar-refractivity contribution in [2.24, 2.45) is 5.14 Å². The molecule has 3 N–H and O–H groups in total. The molecular formula is C13H12ClN3O3S. The van der Waals surface area contributed by atoms with Crippen LogP contribution in [-0.2, 0) is 16.6 Å². The zero-order valence-electron chi connectivity index (χ0n) is 10.8. The molecule has 110 valence electrons. The van der Waals surface area contributed by atoms with Crippen LogP contribution in [0.2, 0.25) is 5.15 Å². The summed E-state index contributed by atoms with van der Waals surface area (Å²) in [6.45, 7) is 0.254. The van der Waals surface area contributed by atoms with E-state index in [1.165, 1.54) is 24.4 Å². The summed E-state index contributed by atoms with van der Waals surface area (Å²) in [6.07, 6.45) is 1.44. The van der Waals surface area contributed by atoms with Crippen LogP contribution in [0.5, 0.6) is 0 Å². The van der Waals surface area contributed by atoms with Crippen molar-refractivity contribution in [3.63, 3.8) is 0 Å². The third kappa shape index (κ3) is 4.25. The van der Waals surface area contributed by atoms with Crippen molar-refractivity contribution in [1.82, 2.24) is 10.3 Å². The van der Waals surface area contributed by atoms with E-state index in [1.54, 1.807) is 18.2 Å². The van der Waals surface area contributed by atoms with Gasteiger partial charge in [0, 0.05) is 18.3 Å². The number of carbonyl (C=O) groups is 1. The molecule has 0 saturated carbocycles. The average Bonchev–Trinajstić information content (AvgIpc) is 2.44. The lowest BCUT2D eigenvalue weighted by Gasteiger charge is -2.06. The largest absolute Gasteiger partial charge is 0.348 e. The number of amides is 1. The second-order valence-electron chi connectivity index (χ2n) is 4.24. The highest BCUT2D eigenvalue weighted by atomic mass is 35.5. The predicted molar refractivity (Wildman–Crippen MR) is 78.2 cm³/mol. The van der Waals surface area contributed by atoms with Crippen LogP contribution in [0.15, 0.2) is 47.5 Å². The van der Waals surface area contributed by atoms with Crippen molar-refractivity contribution in [1.29, 1.82) is 0 Å². The fourth-order valence-corrected chi connectivity index (χ4v) is 2.31. The molecule has 0 aliphatic carbocycles. The number of sulfonamides is 1. The number of nitrogens with two attached hydrogens (primary N) is 1. The van der Waals surface area contributed by atoms with Crippen LogP contribution >= 0.6 is 11.6 Å². The highest BCUT2D eigenvalue weighted by molar-refractivity contribution is 7.89. The lowest BCUT2D eigenvalue weighted by molar-refractivity contribution is 0.0951. The zero-order chi connectivity index (χ0) is 15.5. The molecule has 21 heavy (non-hydrogen) atoms. The van der Waals surface area contributed by atoms with Gasteiger partial charge in [-0.2, -0.15) is 0 Å². The Balaban J connectivity index is 2.02. The van der Waals surface area contributed by atoms with Crippen molar-refractivity contribution in [2.45, 2.75) is 11.4 Å². The van der Waals surface area contributed by atoms with E-state index in [2.05, 4.69) is 10.3 Å². The molecule has 0 radical (unpaired) electrons. The van der Waals surface area contributed by atoms with Crippen LogP contribution in [0.4, 0.5) is 0 Å². The summed E-state index contributed by atoms with van der Waals surface area (Å²) in [7, 11) is -3.71. The van der Waals surface area contributed by atoms with Crippen LogP contribution in [0.1, 0.15) is 15.9 Å². The summed E-state index contributed by atoms with van der Waals surface area (Å²) in [5, 5.41) is 7.93. The molecule has 0 bridgehead atoms. The minimum Gasteiger partial charge on any atom is -0.348 e. The number of hydrogen-bond acceptors (Lipinski definition) is 4. The number of hydrogen-bond donors (Lipinski definition) is 2. The number of nitrogens with one attached hydrogen (secondary N) is 1. The van der Waals surface area contributed by atoms with E-state index in [0.717, 1.165) is 5.56 Å². The Morgan fingerprint density at radius 2 is 1.90 bits per heavy atom. The van der Waals surface area contributed by atoms with Gasteiger partial charge in [-0.05, 0) is 29.8 Å². The average molecular weight is 326 g/mol. The molecule has 0 aliphatic rings. The topological polar surface area (TPSA) is 102 Å². The van der Waals surface area contributed by atoms with E-state index in [1.807, 2.05) is 0 Å². The van der Waals surface area contributed by atoms with Gasteiger partial charge in [-0.25, -0.2) is 18.5 Å². The van der Waals surface area contributed by atoms with Crippen molar-refractivity contribution < 1.29 is 13.2 Å². The Bertz CT molecular complexity index is 760. The summed E-state index contributed by atoms with van der Waals surface area (Å²) in [4.78, 5) is 15.7. The molecule has 0 atom stereocenters. The molecule has 1 heterocycles. The molecule has 8 heteroatoms. The molecule has 0 fully saturated rings. The summed E-state index contributed by atoms with van der Waals surface area (Å²) in [6, 6.07) is 8.95. The monoisotopic (exact) mass is 325 g/mol. The molecule has 2 rings (SSSR count). The van der Waals surface area contributed by atoms with Crippen LogP contribution < -0.4 is 10.5 Å². The van der Waals surface area contributed by atoms with Gasteiger partial charge in [0.2, 0.25) is 10.0 Å². The first-order valence-corrected chi connectivity index (χ1v) is 7.80. The molecule has 0 saturated heterocycles. The number of rotatable bonds is 4. The summed E-state index contributed by atoms with van der Waals surface area (Å²) >= 11 is 5.71. The zero-order valence-corrected chi connectivity index (χ0v) is 12.4. The molecule has 1 amide bonds. The molecule has 0 aliphatic heterocycles. The maximum Gasteiger partial charge on any atom is 0.251 e. The van der Waals surface area contributed by atoms with Crippen molar-refractivity contribution in [3.05, 3.63) is 58.9 Å². The molecular weight excluding hydrogens is 314 g/mol. The predicted octanol–water partition coefficient (Wildman–Crippen LogP) is 1.31. The van der Waals surface area contributed by atoms with Gasteiger partial charge < -0.3 is 5.32 Å². The summed E-state index contributed by atoms with van der Waals surface area (Å²) < 4.78 is 22.2. The normalized spacial score (nSPS) is 11.1. The first-order chi connectivity index (χ1) is 9.86. The third-order valence-electron chi connectivity index (χ3n) is 2.69. The maximum atomic E-state index is 11.9. The van der Waals surface area contributed by atoms with Crippen LogP contribution in [0.25, 0.3) is 0 Å². The number of pyridine rings is 1. The van der Waals surface area contributed by atoms with E-state index >= 15 is 0 Å². The van der Waals surface area contributed by atoms with Crippen LogP contribution in [-0.4, -0.2) is 19.3 Å². The van der Waals surface area contributed by atoms with Gasteiger partial charge in [0.05, 0.1) is 4.90 Å². The second-order valence-corrected chi connectivity index (χ2v) is 6.19. The fourth-order valence-electron chi connectivity index (χ4n) is 1.63. The highest BCUT2D eigenvalue weighted by Crippen LogP contribution is 2.10. The third-order valence-corrected chi connectivity index (χ3v) is 3.83. The Morgan fingerprint density at radius 3 is 2.48 bits per heavy atom. The van der Waals surface area contributed by atoms with E-state index in [-0.39, 0.29) is 22.5 Å². The van der Waals surface area contributed by atoms with Gasteiger partial charge in [0.1, 0.15) is 5.15 Å². The van der Waals surface area contributed by atoms with Gasteiger partial charge in [0.25, 0.3) is 5.91 Å². The quantitative estimate of drug-likeness (QED) is 0.827.